The number of halogens is 1. The van der Waals surface area contributed by atoms with Crippen LogP contribution in [0.4, 0.5) is 5.69 Å². The molecule has 0 spiro atoms. The first-order valence-corrected chi connectivity index (χ1v) is 9.00. The minimum absolute atomic E-state index is 0.123. The lowest BCUT2D eigenvalue weighted by Gasteiger charge is -2.14. The van der Waals surface area contributed by atoms with Crippen LogP contribution in [0.3, 0.4) is 0 Å². The van der Waals surface area contributed by atoms with E-state index in [9.17, 15) is 9.90 Å². The number of nitrogens with one attached hydrogen (secondary N) is 1. The summed E-state index contributed by atoms with van der Waals surface area (Å²) in [5.41, 5.74) is 3.05. The van der Waals surface area contributed by atoms with Crippen molar-refractivity contribution in [1.29, 1.82) is 0 Å². The molecule has 0 heterocycles. The van der Waals surface area contributed by atoms with Crippen molar-refractivity contribution in [3.8, 4) is 17.2 Å². The number of rotatable bonds is 6. The van der Waals surface area contributed by atoms with E-state index in [-0.39, 0.29) is 16.7 Å². The maximum Gasteiger partial charge on any atom is 0.255 e. The fraction of sp³-hybridized carbons (Fsp3) is 0.136. The van der Waals surface area contributed by atoms with Gasteiger partial charge >= 0.3 is 0 Å². The van der Waals surface area contributed by atoms with Gasteiger partial charge in [0.05, 0.1) is 12.1 Å². The number of methoxy groups -OCH3 is 1. The molecule has 0 fully saturated rings. The number of hydrogen-bond donors (Lipinski definition) is 2. The number of phenols is 1. The number of phenolic OH excluding ortho intramolecular Hbond substituents is 1. The van der Waals surface area contributed by atoms with Gasteiger partial charge in [-0.05, 0) is 48.9 Å². The molecule has 0 saturated carbocycles. The Kier molecular flexibility index (Phi) is 6.06. The summed E-state index contributed by atoms with van der Waals surface area (Å²) in [6.45, 7) is 2.35. The van der Waals surface area contributed by atoms with Gasteiger partial charge in [-0.3, -0.25) is 4.79 Å². The molecular weight excluding hydrogens is 378 g/mol. The van der Waals surface area contributed by atoms with Gasteiger partial charge in [-0.2, -0.15) is 0 Å². The highest BCUT2D eigenvalue weighted by Gasteiger charge is 2.16. The zero-order valence-electron chi connectivity index (χ0n) is 15.5. The molecular formula is C22H20ClNO4. The van der Waals surface area contributed by atoms with Crippen LogP contribution in [0.1, 0.15) is 21.5 Å². The number of amides is 1. The Hall–Kier alpha value is -3.18. The molecule has 144 valence electrons. The molecule has 5 nitrogen and oxygen atoms in total. The van der Waals surface area contributed by atoms with Crippen LogP contribution in [0.2, 0.25) is 5.02 Å². The molecule has 0 aromatic heterocycles. The summed E-state index contributed by atoms with van der Waals surface area (Å²) >= 11 is 6.35. The number of ether oxygens (including phenoxy) is 2. The van der Waals surface area contributed by atoms with Gasteiger partial charge in [-0.15, -0.1) is 0 Å². The molecule has 3 aromatic carbocycles. The topological polar surface area (TPSA) is 67.8 Å². The summed E-state index contributed by atoms with van der Waals surface area (Å²) in [7, 11) is 1.49. The van der Waals surface area contributed by atoms with Gasteiger partial charge in [0, 0.05) is 11.3 Å². The lowest BCUT2D eigenvalue weighted by molar-refractivity contribution is 0.102. The van der Waals surface area contributed by atoms with Crippen LogP contribution in [-0.2, 0) is 6.61 Å². The predicted octanol–water partition coefficient (Wildman–Crippen LogP) is 5.19. The van der Waals surface area contributed by atoms with Crippen LogP contribution in [0.25, 0.3) is 0 Å². The number of benzene rings is 3. The fourth-order valence-electron chi connectivity index (χ4n) is 2.58. The highest BCUT2D eigenvalue weighted by atomic mass is 35.5. The summed E-state index contributed by atoms with van der Waals surface area (Å²) in [6, 6.07) is 17.3. The first-order chi connectivity index (χ1) is 13.5. The van der Waals surface area contributed by atoms with Crippen molar-refractivity contribution in [3.05, 3.63) is 82.4 Å². The number of carbonyl (C=O) groups excluding carboxylic acids is 1. The van der Waals surface area contributed by atoms with E-state index in [0.29, 0.717) is 29.4 Å². The third-order valence-electron chi connectivity index (χ3n) is 4.12. The third-order valence-corrected chi connectivity index (χ3v) is 4.40. The van der Waals surface area contributed by atoms with E-state index < -0.39 is 0 Å². The molecule has 3 aromatic rings. The average Bonchev–Trinajstić information content (AvgIpc) is 2.69. The average molecular weight is 398 g/mol. The molecule has 0 saturated heterocycles. The first kappa shape index (κ1) is 19.6. The number of aryl methyl sites for hydroxylation is 1. The molecule has 28 heavy (non-hydrogen) atoms. The van der Waals surface area contributed by atoms with Crippen molar-refractivity contribution in [2.24, 2.45) is 0 Å². The number of aromatic hydroxyl groups is 1. The maximum atomic E-state index is 12.5. The number of anilines is 1. The van der Waals surface area contributed by atoms with Crippen LogP contribution in [0.15, 0.2) is 60.7 Å². The molecule has 1 amide bonds. The van der Waals surface area contributed by atoms with E-state index in [2.05, 4.69) is 5.32 Å². The molecule has 3 rings (SSSR count). The van der Waals surface area contributed by atoms with Crippen LogP contribution in [-0.4, -0.2) is 18.1 Å². The predicted molar refractivity (Wildman–Crippen MR) is 110 cm³/mol. The number of hydrogen-bond acceptors (Lipinski definition) is 4. The van der Waals surface area contributed by atoms with Gasteiger partial charge in [0.25, 0.3) is 5.91 Å². The van der Waals surface area contributed by atoms with Gasteiger partial charge in [0.1, 0.15) is 12.4 Å². The Morgan fingerprint density at radius 1 is 1.07 bits per heavy atom. The van der Waals surface area contributed by atoms with Gasteiger partial charge in [0.2, 0.25) is 0 Å². The van der Waals surface area contributed by atoms with Crippen molar-refractivity contribution in [1.82, 2.24) is 0 Å². The van der Waals surface area contributed by atoms with E-state index in [0.717, 1.165) is 5.56 Å². The van der Waals surface area contributed by atoms with Crippen molar-refractivity contribution >= 4 is 23.2 Å². The van der Waals surface area contributed by atoms with Crippen molar-refractivity contribution in [2.45, 2.75) is 13.5 Å². The Labute approximate surface area is 168 Å². The summed E-state index contributed by atoms with van der Waals surface area (Å²) < 4.78 is 11.2. The van der Waals surface area contributed by atoms with Crippen LogP contribution < -0.4 is 14.8 Å². The molecule has 6 heteroatoms. The van der Waals surface area contributed by atoms with E-state index in [1.807, 2.05) is 31.2 Å². The zero-order chi connectivity index (χ0) is 20.1. The summed E-state index contributed by atoms with van der Waals surface area (Å²) in [5, 5.41) is 12.4. The fourth-order valence-corrected chi connectivity index (χ4v) is 2.84. The Bertz CT molecular complexity index is 969. The first-order valence-electron chi connectivity index (χ1n) is 8.62. The molecule has 0 unspecified atom stereocenters. The molecule has 0 aliphatic rings. The quantitative estimate of drug-likeness (QED) is 0.561. The molecule has 0 bridgehead atoms. The van der Waals surface area contributed by atoms with Gasteiger partial charge in [-0.25, -0.2) is 0 Å². The van der Waals surface area contributed by atoms with Crippen LogP contribution >= 0.6 is 11.6 Å². The molecule has 0 aliphatic carbocycles. The Morgan fingerprint density at radius 3 is 2.39 bits per heavy atom. The van der Waals surface area contributed by atoms with E-state index in [1.165, 1.54) is 30.9 Å². The van der Waals surface area contributed by atoms with E-state index in [1.54, 1.807) is 18.2 Å². The van der Waals surface area contributed by atoms with Crippen LogP contribution in [0.5, 0.6) is 17.2 Å². The van der Waals surface area contributed by atoms with Gasteiger partial charge in [0.15, 0.2) is 11.5 Å². The summed E-state index contributed by atoms with van der Waals surface area (Å²) in [6.07, 6.45) is 0. The maximum absolute atomic E-state index is 12.5. The second-order valence-electron chi connectivity index (χ2n) is 6.26. The van der Waals surface area contributed by atoms with Gasteiger partial charge in [-0.1, -0.05) is 41.4 Å². The van der Waals surface area contributed by atoms with Crippen molar-refractivity contribution < 1.29 is 19.4 Å². The highest BCUT2D eigenvalue weighted by molar-refractivity contribution is 6.32. The summed E-state index contributed by atoms with van der Waals surface area (Å²) in [4.78, 5) is 12.5. The van der Waals surface area contributed by atoms with E-state index >= 15 is 0 Å². The second-order valence-corrected chi connectivity index (χ2v) is 6.67. The lowest BCUT2D eigenvalue weighted by Crippen LogP contribution is -2.12. The van der Waals surface area contributed by atoms with Gasteiger partial charge < -0.3 is 19.9 Å². The SMILES string of the molecule is COc1cc(C(=O)Nc2ccc(O)cc2)cc(Cl)c1OCc1ccc(C)cc1. The zero-order valence-corrected chi connectivity index (χ0v) is 16.3. The third kappa shape index (κ3) is 4.75. The minimum Gasteiger partial charge on any atom is -0.508 e. The monoisotopic (exact) mass is 397 g/mol. The highest BCUT2D eigenvalue weighted by Crippen LogP contribution is 2.37. The smallest absolute Gasteiger partial charge is 0.255 e. The summed E-state index contributed by atoms with van der Waals surface area (Å²) in [5.74, 6) is 0.523. The number of carbonyl (C=O) groups is 1. The molecule has 2 N–H and O–H groups in total. The molecule has 0 aliphatic heterocycles. The normalized spacial score (nSPS) is 10.4. The second kappa shape index (κ2) is 8.67. The van der Waals surface area contributed by atoms with Crippen LogP contribution in [0, 0.1) is 6.92 Å². The molecule has 0 radical (unpaired) electrons. The standard InChI is InChI=1S/C22H20ClNO4/c1-14-3-5-15(6-4-14)13-28-21-19(23)11-16(12-20(21)27-2)22(26)24-17-7-9-18(25)10-8-17/h3-12,25H,13H2,1-2H3,(H,24,26). The lowest BCUT2D eigenvalue weighted by atomic mass is 10.1. The minimum atomic E-state index is -0.351. The van der Waals surface area contributed by atoms with Crippen molar-refractivity contribution in [2.75, 3.05) is 12.4 Å². The Morgan fingerprint density at radius 2 is 1.75 bits per heavy atom. The van der Waals surface area contributed by atoms with E-state index in [4.69, 9.17) is 21.1 Å². The van der Waals surface area contributed by atoms with Crippen molar-refractivity contribution in [3.63, 3.8) is 0 Å². The largest absolute Gasteiger partial charge is 0.508 e. The molecule has 0 atom stereocenters. The Balaban J connectivity index is 1.77.